The number of amides is 1. The highest BCUT2D eigenvalue weighted by Gasteiger charge is 2.34. The molecule has 1 atom stereocenters. The van der Waals surface area contributed by atoms with Crippen LogP contribution < -0.4 is 0 Å². The van der Waals surface area contributed by atoms with Gasteiger partial charge in [-0.3, -0.25) is 14.5 Å². The number of nitrogens with zero attached hydrogens (tertiary/aromatic N) is 1. The van der Waals surface area contributed by atoms with Gasteiger partial charge in [-0.25, -0.2) is 0 Å². The van der Waals surface area contributed by atoms with Crippen LogP contribution in [0.5, 0.6) is 0 Å². The van der Waals surface area contributed by atoms with Gasteiger partial charge in [-0.05, 0) is 24.8 Å². The van der Waals surface area contributed by atoms with Gasteiger partial charge in [0, 0.05) is 6.42 Å². The Morgan fingerprint density at radius 3 is 2.62 bits per heavy atom. The molecule has 0 aliphatic carbocycles. The van der Waals surface area contributed by atoms with Crippen molar-refractivity contribution in [2.45, 2.75) is 70.9 Å². The Hall–Kier alpha value is -2.10. The molecule has 0 spiro atoms. The summed E-state index contributed by atoms with van der Waals surface area (Å²) in [5.74, 6) is -0.358. The van der Waals surface area contributed by atoms with Crippen LogP contribution in [0.15, 0.2) is 42.5 Å². The van der Waals surface area contributed by atoms with Gasteiger partial charge in [-0.2, -0.15) is 0 Å². The van der Waals surface area contributed by atoms with Crippen molar-refractivity contribution in [1.82, 2.24) is 4.90 Å². The highest BCUT2D eigenvalue weighted by Crippen LogP contribution is 2.18. The van der Waals surface area contributed by atoms with E-state index in [-0.39, 0.29) is 18.4 Å². The van der Waals surface area contributed by atoms with Crippen LogP contribution in [0.3, 0.4) is 0 Å². The number of cyclic esters (lactones) is 1. The normalized spacial score (nSPS) is 17.0. The average molecular weight is 357 g/mol. The minimum absolute atomic E-state index is 0.0491. The summed E-state index contributed by atoms with van der Waals surface area (Å²) in [6.45, 7) is 2.29. The van der Waals surface area contributed by atoms with Crippen LogP contribution in [-0.2, 0) is 20.7 Å². The van der Waals surface area contributed by atoms with E-state index < -0.39 is 6.23 Å². The van der Waals surface area contributed by atoms with Gasteiger partial charge < -0.3 is 4.74 Å². The van der Waals surface area contributed by atoms with E-state index in [1.807, 2.05) is 30.3 Å². The van der Waals surface area contributed by atoms with Crippen molar-refractivity contribution >= 4 is 11.9 Å². The molecule has 2 rings (SSSR count). The molecule has 1 aliphatic heterocycles. The summed E-state index contributed by atoms with van der Waals surface area (Å²) >= 11 is 0. The topological polar surface area (TPSA) is 46.6 Å². The largest absolute Gasteiger partial charge is 0.440 e. The second-order valence-electron chi connectivity index (χ2n) is 6.88. The van der Waals surface area contributed by atoms with E-state index in [2.05, 4.69) is 19.1 Å². The molecule has 0 bridgehead atoms. The minimum atomic E-state index is -0.423. The molecule has 1 unspecified atom stereocenters. The molecule has 1 aromatic rings. The van der Waals surface area contributed by atoms with Gasteiger partial charge >= 0.3 is 5.97 Å². The molecule has 26 heavy (non-hydrogen) atoms. The summed E-state index contributed by atoms with van der Waals surface area (Å²) in [4.78, 5) is 25.7. The quantitative estimate of drug-likeness (QED) is 0.329. The van der Waals surface area contributed by atoms with Gasteiger partial charge in [0.05, 0.1) is 6.42 Å². The molecule has 1 heterocycles. The van der Waals surface area contributed by atoms with Crippen LogP contribution in [0.25, 0.3) is 0 Å². The smallest absolute Gasteiger partial charge is 0.327 e. The van der Waals surface area contributed by atoms with E-state index in [9.17, 15) is 9.59 Å². The summed E-state index contributed by atoms with van der Waals surface area (Å²) < 4.78 is 5.34. The first-order valence-corrected chi connectivity index (χ1v) is 9.88. The summed E-state index contributed by atoms with van der Waals surface area (Å²) in [5, 5.41) is 0. The number of carbonyl (C=O) groups is 2. The number of allylic oxidation sites excluding steroid dienone is 2. The molecule has 1 amide bonds. The van der Waals surface area contributed by atoms with Crippen LogP contribution in [0, 0.1) is 0 Å². The number of carbonyl (C=O) groups excluding carboxylic acids is 2. The van der Waals surface area contributed by atoms with Gasteiger partial charge in [0.15, 0.2) is 6.23 Å². The van der Waals surface area contributed by atoms with Crippen molar-refractivity contribution in [2.24, 2.45) is 0 Å². The number of rotatable bonds is 11. The van der Waals surface area contributed by atoms with Crippen LogP contribution in [0.2, 0.25) is 0 Å². The third-order valence-corrected chi connectivity index (χ3v) is 4.65. The number of unbranched alkanes of at least 4 members (excludes halogenated alkanes) is 5. The first-order chi connectivity index (χ1) is 12.7. The molecule has 4 nitrogen and oxygen atoms in total. The number of benzene rings is 1. The third kappa shape index (κ3) is 7.03. The Kier molecular flexibility index (Phi) is 8.94. The van der Waals surface area contributed by atoms with E-state index in [1.165, 1.54) is 32.1 Å². The second-order valence-corrected chi connectivity index (χ2v) is 6.88. The van der Waals surface area contributed by atoms with Crippen LogP contribution in [0.4, 0.5) is 0 Å². The fourth-order valence-electron chi connectivity index (χ4n) is 3.17. The molecule has 0 N–H and O–H groups in total. The molecule has 142 valence electrons. The zero-order valence-electron chi connectivity index (χ0n) is 15.9. The predicted octanol–water partition coefficient (Wildman–Crippen LogP) is 4.64. The predicted molar refractivity (Wildman–Crippen MR) is 103 cm³/mol. The van der Waals surface area contributed by atoms with Crippen molar-refractivity contribution in [3.63, 3.8) is 0 Å². The lowest BCUT2D eigenvalue weighted by Crippen LogP contribution is -2.37. The van der Waals surface area contributed by atoms with E-state index in [0.29, 0.717) is 12.8 Å². The lowest BCUT2D eigenvalue weighted by Gasteiger charge is -2.21. The highest BCUT2D eigenvalue weighted by molar-refractivity contribution is 5.86. The molecule has 0 radical (unpaired) electrons. The molecule has 0 aromatic heterocycles. The number of hydrogen-bond donors (Lipinski definition) is 0. The fourth-order valence-corrected chi connectivity index (χ4v) is 3.17. The molecule has 0 saturated carbocycles. The molecular formula is C22H31NO3. The standard InChI is InChI=1S/C22H31NO3/c1-2-3-4-5-6-7-8-9-13-16-21-23(18-22(25)26-21)20(24)17-19-14-11-10-12-15-19/h8-12,14-15,21H,2-7,13,16-18H2,1H3. The summed E-state index contributed by atoms with van der Waals surface area (Å²) in [5.41, 5.74) is 0.957. The van der Waals surface area contributed by atoms with Crippen molar-refractivity contribution in [1.29, 1.82) is 0 Å². The van der Waals surface area contributed by atoms with Crippen molar-refractivity contribution in [3.05, 3.63) is 48.0 Å². The van der Waals surface area contributed by atoms with Crippen molar-refractivity contribution < 1.29 is 14.3 Å². The maximum Gasteiger partial charge on any atom is 0.327 e. The summed E-state index contributed by atoms with van der Waals surface area (Å²) in [6, 6.07) is 9.61. The first-order valence-electron chi connectivity index (χ1n) is 9.88. The number of ether oxygens (including phenoxy) is 1. The first kappa shape index (κ1) is 20.2. The number of esters is 1. The Morgan fingerprint density at radius 2 is 1.85 bits per heavy atom. The zero-order valence-corrected chi connectivity index (χ0v) is 15.9. The monoisotopic (exact) mass is 357 g/mol. The molecule has 1 saturated heterocycles. The van der Waals surface area contributed by atoms with Crippen LogP contribution >= 0.6 is 0 Å². The van der Waals surface area contributed by atoms with Crippen molar-refractivity contribution in [2.75, 3.05) is 6.54 Å². The minimum Gasteiger partial charge on any atom is -0.440 e. The highest BCUT2D eigenvalue weighted by atomic mass is 16.6. The van der Waals surface area contributed by atoms with Gasteiger partial charge in [-0.15, -0.1) is 0 Å². The lowest BCUT2D eigenvalue weighted by atomic mass is 10.1. The lowest BCUT2D eigenvalue weighted by molar-refractivity contribution is -0.143. The molecule has 1 fully saturated rings. The maximum absolute atomic E-state index is 12.5. The Morgan fingerprint density at radius 1 is 1.12 bits per heavy atom. The molecule has 1 aromatic carbocycles. The van der Waals surface area contributed by atoms with E-state index in [4.69, 9.17) is 4.74 Å². The Labute approximate surface area is 157 Å². The molecule has 4 heteroatoms. The van der Waals surface area contributed by atoms with Gasteiger partial charge in [0.2, 0.25) is 5.91 Å². The number of hydrogen-bond acceptors (Lipinski definition) is 3. The van der Waals surface area contributed by atoms with Gasteiger partial charge in [-0.1, -0.05) is 75.1 Å². The third-order valence-electron chi connectivity index (χ3n) is 4.65. The average Bonchev–Trinajstić information content (AvgIpc) is 3.02. The molecule has 1 aliphatic rings. The molecular weight excluding hydrogens is 326 g/mol. The van der Waals surface area contributed by atoms with Gasteiger partial charge in [0.1, 0.15) is 6.54 Å². The maximum atomic E-state index is 12.5. The van der Waals surface area contributed by atoms with Crippen LogP contribution in [0.1, 0.15) is 63.9 Å². The summed E-state index contributed by atoms with van der Waals surface area (Å²) in [7, 11) is 0. The van der Waals surface area contributed by atoms with Gasteiger partial charge in [0.25, 0.3) is 0 Å². The van der Waals surface area contributed by atoms with E-state index in [1.54, 1.807) is 4.90 Å². The second kappa shape index (κ2) is 11.5. The van der Waals surface area contributed by atoms with Crippen molar-refractivity contribution in [3.8, 4) is 0 Å². The Balaban J connectivity index is 1.71. The van der Waals surface area contributed by atoms with Crippen LogP contribution in [-0.4, -0.2) is 29.5 Å². The van der Waals surface area contributed by atoms with E-state index >= 15 is 0 Å². The SMILES string of the molecule is CCCCCCCC=CCCC1OC(=O)CN1C(=O)Cc1ccccc1. The van der Waals surface area contributed by atoms with E-state index in [0.717, 1.165) is 18.4 Å². The fraction of sp³-hybridized carbons (Fsp3) is 0.545. The zero-order chi connectivity index (χ0) is 18.6. The summed E-state index contributed by atoms with van der Waals surface area (Å²) in [6.07, 6.45) is 13.3. The Bertz CT molecular complexity index is 582.